The van der Waals surface area contributed by atoms with Crippen molar-refractivity contribution >= 4 is 44.7 Å². The highest BCUT2D eigenvalue weighted by atomic mass is 32.2. The molecule has 3 aromatic rings. The van der Waals surface area contributed by atoms with Crippen molar-refractivity contribution in [3.8, 4) is 0 Å². The van der Waals surface area contributed by atoms with Crippen LogP contribution in [0.1, 0.15) is 42.4 Å². The van der Waals surface area contributed by atoms with Crippen LogP contribution in [0.15, 0.2) is 53.1 Å². The van der Waals surface area contributed by atoms with Crippen LogP contribution in [0.5, 0.6) is 0 Å². The number of sulfonamides is 1. The number of piperazine rings is 1. The molecule has 0 aliphatic carbocycles. The molecule has 1 saturated heterocycles. The molecule has 0 atom stereocenters. The molecule has 1 aromatic heterocycles. The van der Waals surface area contributed by atoms with Gasteiger partial charge in [-0.1, -0.05) is 0 Å². The van der Waals surface area contributed by atoms with Crippen molar-refractivity contribution in [3.05, 3.63) is 76.6 Å². The van der Waals surface area contributed by atoms with Crippen LogP contribution in [0, 0.1) is 17.0 Å². The van der Waals surface area contributed by atoms with Crippen molar-refractivity contribution in [1.82, 2.24) is 19.4 Å². The van der Waals surface area contributed by atoms with Gasteiger partial charge in [0.25, 0.3) is 11.8 Å². The molecule has 0 spiro atoms. The van der Waals surface area contributed by atoms with Crippen molar-refractivity contribution in [3.63, 3.8) is 0 Å². The quantitative estimate of drug-likeness (QED) is 0.230. The molecule has 2 amide bonds. The SMILES string of the molecule is CC(N)=CC(=N)C(=O)Nc1cc(N2CCN(C)CC2)ccc1C(=O)Nc1n[nH]c2c1CN(S(=O)(=O)c1cc(F)cc(F)c1)C2(C)C. The summed E-state index contributed by atoms with van der Waals surface area (Å²) in [4.78, 5) is 30.3. The highest BCUT2D eigenvalue weighted by Crippen LogP contribution is 2.44. The zero-order valence-corrected chi connectivity index (χ0v) is 26.6. The van der Waals surface area contributed by atoms with Gasteiger partial charge < -0.3 is 26.2 Å². The molecule has 2 aliphatic rings. The minimum atomic E-state index is -4.38. The first-order chi connectivity index (χ1) is 21.6. The van der Waals surface area contributed by atoms with Gasteiger partial charge in [0.05, 0.1) is 27.4 Å². The van der Waals surface area contributed by atoms with Crippen LogP contribution in [-0.2, 0) is 26.9 Å². The monoisotopic (exact) mass is 655 g/mol. The van der Waals surface area contributed by atoms with Gasteiger partial charge in [0.2, 0.25) is 10.0 Å². The molecule has 0 bridgehead atoms. The van der Waals surface area contributed by atoms with Crippen LogP contribution in [0.2, 0.25) is 0 Å². The summed E-state index contributed by atoms with van der Waals surface area (Å²) in [5.74, 6) is -3.44. The fourth-order valence-electron chi connectivity index (χ4n) is 5.54. The number of allylic oxidation sites excluding steroid dienone is 1. The number of anilines is 3. The molecule has 46 heavy (non-hydrogen) atoms. The number of hydrogen-bond acceptors (Lipinski definition) is 9. The minimum absolute atomic E-state index is 0.0473. The largest absolute Gasteiger partial charge is 0.402 e. The summed E-state index contributed by atoms with van der Waals surface area (Å²) in [7, 11) is -2.35. The van der Waals surface area contributed by atoms with Crippen LogP contribution < -0.4 is 21.3 Å². The number of nitrogens with zero attached hydrogens (tertiary/aromatic N) is 4. The summed E-state index contributed by atoms with van der Waals surface area (Å²) < 4.78 is 56.0. The van der Waals surface area contributed by atoms with Crippen LogP contribution in [0.4, 0.5) is 26.0 Å². The Kier molecular flexibility index (Phi) is 8.72. The molecular weight excluding hydrogens is 620 g/mol. The summed E-state index contributed by atoms with van der Waals surface area (Å²) in [6, 6.07) is 7.05. The predicted octanol–water partition coefficient (Wildman–Crippen LogP) is 2.95. The number of fused-ring (bicyclic) bond motifs is 1. The first kappa shape index (κ1) is 32.7. The topological polar surface area (TPSA) is 181 Å². The average Bonchev–Trinajstić information content (AvgIpc) is 3.50. The molecule has 3 heterocycles. The Bertz CT molecular complexity index is 1840. The zero-order valence-electron chi connectivity index (χ0n) is 25.7. The van der Waals surface area contributed by atoms with E-state index in [0.29, 0.717) is 17.3 Å². The van der Waals surface area contributed by atoms with Crippen molar-refractivity contribution in [1.29, 1.82) is 5.41 Å². The molecule has 2 aromatic carbocycles. The molecule has 0 saturated carbocycles. The number of carbonyl (C=O) groups excluding carboxylic acids is 2. The molecule has 2 aliphatic heterocycles. The van der Waals surface area contributed by atoms with E-state index < -0.39 is 49.6 Å². The number of hydrogen-bond donors (Lipinski definition) is 5. The fourth-order valence-corrected chi connectivity index (χ4v) is 7.31. The van der Waals surface area contributed by atoms with E-state index in [-0.39, 0.29) is 29.3 Å². The maximum Gasteiger partial charge on any atom is 0.273 e. The van der Waals surface area contributed by atoms with E-state index in [1.807, 2.05) is 7.05 Å². The normalized spacial score (nSPS) is 17.1. The second-order valence-electron chi connectivity index (χ2n) is 11.8. The van der Waals surface area contributed by atoms with E-state index in [4.69, 9.17) is 11.1 Å². The second-order valence-corrected chi connectivity index (χ2v) is 13.7. The summed E-state index contributed by atoms with van der Waals surface area (Å²) in [5, 5.41) is 20.4. The van der Waals surface area contributed by atoms with E-state index in [1.165, 1.54) is 6.08 Å². The summed E-state index contributed by atoms with van der Waals surface area (Å²) in [6.07, 6.45) is 1.20. The number of H-pyrrole nitrogens is 1. The number of carbonyl (C=O) groups is 2. The van der Waals surface area contributed by atoms with Crippen molar-refractivity contribution in [2.75, 3.05) is 48.8 Å². The van der Waals surface area contributed by atoms with E-state index in [0.717, 1.165) is 48.3 Å². The van der Waals surface area contributed by atoms with Gasteiger partial charge in [0.15, 0.2) is 5.82 Å². The standard InChI is InChI=1S/C30H35F2N9O4S/c1-17(33)11-24(34)29(43)35-25-15-20(40-9-7-39(4)8-10-40)5-6-22(25)28(42)36-27-23-16-41(30(2,3)26(23)37-38-27)46(44,45)21-13-18(31)12-19(32)14-21/h5-6,11-15,34H,7-10,16,33H2,1-4H3,(H,35,43)(H2,36,37,38,42). The Labute approximate surface area is 265 Å². The van der Waals surface area contributed by atoms with Crippen molar-refractivity contribution in [2.24, 2.45) is 5.73 Å². The molecule has 244 valence electrons. The third kappa shape index (κ3) is 6.36. The molecule has 6 N–H and O–H groups in total. The lowest BCUT2D eigenvalue weighted by Crippen LogP contribution is -2.44. The number of halogens is 2. The second kappa shape index (κ2) is 12.3. The Morgan fingerprint density at radius 2 is 1.72 bits per heavy atom. The van der Waals surface area contributed by atoms with Gasteiger partial charge >= 0.3 is 0 Å². The van der Waals surface area contributed by atoms with E-state index in [1.54, 1.807) is 39.0 Å². The highest BCUT2D eigenvalue weighted by Gasteiger charge is 2.48. The van der Waals surface area contributed by atoms with Crippen molar-refractivity contribution in [2.45, 2.75) is 37.8 Å². The van der Waals surface area contributed by atoms with E-state index in [2.05, 4.69) is 30.6 Å². The number of benzene rings is 2. The lowest BCUT2D eigenvalue weighted by molar-refractivity contribution is -0.110. The molecule has 1 fully saturated rings. The Morgan fingerprint density at radius 1 is 1.07 bits per heavy atom. The van der Waals surface area contributed by atoms with Gasteiger partial charge in [0.1, 0.15) is 17.3 Å². The van der Waals surface area contributed by atoms with Crippen LogP contribution in [0.25, 0.3) is 0 Å². The number of aromatic nitrogens is 2. The Hall–Kier alpha value is -4.67. The molecule has 5 rings (SSSR count). The molecule has 0 radical (unpaired) electrons. The van der Waals surface area contributed by atoms with Crippen LogP contribution in [-0.4, -0.2) is 78.6 Å². The first-order valence-corrected chi connectivity index (χ1v) is 15.8. The maximum absolute atomic E-state index is 13.9. The van der Waals surface area contributed by atoms with Crippen molar-refractivity contribution < 1.29 is 26.8 Å². The predicted molar refractivity (Wildman–Crippen MR) is 169 cm³/mol. The molecule has 13 nitrogen and oxygen atoms in total. The number of nitrogens with one attached hydrogen (secondary N) is 4. The third-order valence-corrected chi connectivity index (χ3v) is 10.0. The average molecular weight is 656 g/mol. The van der Waals surface area contributed by atoms with E-state index >= 15 is 0 Å². The van der Waals surface area contributed by atoms with E-state index in [9.17, 15) is 26.8 Å². The van der Waals surface area contributed by atoms with Gasteiger partial charge in [-0.05, 0) is 64.2 Å². The zero-order chi connectivity index (χ0) is 33.6. The Balaban J connectivity index is 1.44. The van der Waals surface area contributed by atoms with Gasteiger partial charge in [-0.2, -0.15) is 9.40 Å². The summed E-state index contributed by atoms with van der Waals surface area (Å²) in [6.45, 7) is 7.63. The lowest BCUT2D eigenvalue weighted by Gasteiger charge is -2.34. The molecule has 0 unspecified atom stereocenters. The minimum Gasteiger partial charge on any atom is -0.402 e. The smallest absolute Gasteiger partial charge is 0.273 e. The third-order valence-electron chi connectivity index (χ3n) is 8.04. The van der Waals surface area contributed by atoms with Gasteiger partial charge in [-0.3, -0.25) is 20.1 Å². The summed E-state index contributed by atoms with van der Waals surface area (Å²) in [5.41, 5.74) is 6.03. The number of aromatic amines is 1. The Morgan fingerprint density at radius 3 is 2.35 bits per heavy atom. The van der Waals surface area contributed by atoms with Gasteiger partial charge in [-0.15, -0.1) is 0 Å². The molecule has 16 heteroatoms. The van der Waals surface area contributed by atoms with Crippen LogP contribution in [0.3, 0.4) is 0 Å². The first-order valence-electron chi connectivity index (χ1n) is 14.4. The van der Waals surface area contributed by atoms with Gasteiger partial charge in [-0.25, -0.2) is 17.2 Å². The number of likely N-dealkylation sites (N-methyl/N-ethyl adjacent to an activating group) is 1. The fraction of sp³-hybridized carbons (Fsp3) is 0.333. The number of amides is 2. The van der Waals surface area contributed by atoms with Gasteiger partial charge in [0, 0.05) is 55.7 Å². The number of nitrogens with two attached hydrogens (primary N) is 1. The van der Waals surface area contributed by atoms with Crippen LogP contribution >= 0.6 is 0 Å². The highest BCUT2D eigenvalue weighted by molar-refractivity contribution is 7.89. The summed E-state index contributed by atoms with van der Waals surface area (Å²) >= 11 is 0. The maximum atomic E-state index is 13.9. The lowest BCUT2D eigenvalue weighted by atomic mass is 10.0. The molecular formula is C30H35F2N9O4S. The number of rotatable bonds is 8.